The molecule has 6 rings (SSSR count). The van der Waals surface area contributed by atoms with Crippen LogP contribution in [0, 0.1) is 35.5 Å². The molecule has 2 aliphatic heterocycles. The summed E-state index contributed by atoms with van der Waals surface area (Å²) in [7, 11) is 0. The molecule has 4 aliphatic rings. The summed E-state index contributed by atoms with van der Waals surface area (Å²) in [6.07, 6.45) is 1.83. The maximum Gasteiger partial charge on any atom is 0.317 e. The summed E-state index contributed by atoms with van der Waals surface area (Å²) in [6, 6.07) is 8.37. The van der Waals surface area contributed by atoms with Crippen LogP contribution in [0.1, 0.15) is 38.5 Å². The molecular weight excluding hydrogens is 564 g/mol. The fraction of sp³-hybridized carbons (Fsp3) is 0.400. The van der Waals surface area contributed by atoms with Crippen molar-refractivity contribution < 1.29 is 53.2 Å². The number of phenolic OH excluding ortho intramolecular Hbond substituents is 2. The summed E-state index contributed by atoms with van der Waals surface area (Å²) in [6.45, 7) is 0. The maximum atomic E-state index is 13.0. The molecule has 0 radical (unpaired) electrons. The van der Waals surface area contributed by atoms with Crippen molar-refractivity contribution in [2.24, 2.45) is 35.5 Å². The van der Waals surface area contributed by atoms with Crippen molar-refractivity contribution >= 4 is 47.1 Å². The SMILES string of the molecule is O=C(Nc1cc(Oc2ccc(O)c(NC(=O)C3CCC4C(=O)OC(=O)C4C3)c2)ccc1O)C1CCC2C(=O)OC(=O)C2C1. The Bertz CT molecular complexity index is 1440. The van der Waals surface area contributed by atoms with Crippen molar-refractivity contribution in [3.8, 4) is 23.0 Å². The fourth-order valence-corrected chi connectivity index (χ4v) is 6.37. The van der Waals surface area contributed by atoms with Gasteiger partial charge in [0.2, 0.25) is 11.8 Å². The Morgan fingerprint density at radius 3 is 1.44 bits per heavy atom. The Morgan fingerprint density at radius 1 is 0.628 bits per heavy atom. The minimum atomic E-state index is -0.650. The van der Waals surface area contributed by atoms with Crippen molar-refractivity contribution in [3.05, 3.63) is 36.4 Å². The molecule has 0 aromatic heterocycles. The van der Waals surface area contributed by atoms with Gasteiger partial charge in [-0.2, -0.15) is 0 Å². The summed E-state index contributed by atoms with van der Waals surface area (Å²) < 4.78 is 15.3. The largest absolute Gasteiger partial charge is 0.506 e. The number of fused-ring (bicyclic) bond motifs is 2. The van der Waals surface area contributed by atoms with Crippen LogP contribution in [-0.2, 0) is 38.2 Å². The molecule has 13 nitrogen and oxygen atoms in total. The zero-order chi connectivity index (χ0) is 30.4. The highest BCUT2D eigenvalue weighted by Gasteiger charge is 2.50. The molecule has 2 amide bonds. The molecule has 4 fully saturated rings. The molecule has 13 heteroatoms. The average Bonchev–Trinajstić information content (AvgIpc) is 3.44. The van der Waals surface area contributed by atoms with Gasteiger partial charge >= 0.3 is 23.9 Å². The molecule has 2 heterocycles. The lowest BCUT2D eigenvalue weighted by molar-refractivity contribution is -0.155. The number of hydrogen-bond donors (Lipinski definition) is 4. The first kappa shape index (κ1) is 28.2. The van der Waals surface area contributed by atoms with Crippen LogP contribution in [0.15, 0.2) is 36.4 Å². The molecule has 2 saturated heterocycles. The number of carbonyl (C=O) groups is 6. The van der Waals surface area contributed by atoms with Crippen molar-refractivity contribution in [3.63, 3.8) is 0 Å². The highest BCUT2D eigenvalue weighted by atomic mass is 16.6. The summed E-state index contributed by atoms with van der Waals surface area (Å²) in [5.74, 6) is -6.58. The Labute approximate surface area is 244 Å². The normalized spacial score (nSPS) is 27.9. The number of benzene rings is 2. The van der Waals surface area contributed by atoms with Gasteiger partial charge in [0.1, 0.15) is 23.0 Å². The smallest absolute Gasteiger partial charge is 0.317 e. The number of hydrogen-bond acceptors (Lipinski definition) is 11. The Kier molecular flexibility index (Phi) is 7.24. The van der Waals surface area contributed by atoms with E-state index >= 15 is 0 Å². The lowest BCUT2D eigenvalue weighted by atomic mass is 9.75. The van der Waals surface area contributed by atoms with Crippen LogP contribution in [0.5, 0.6) is 23.0 Å². The first-order chi connectivity index (χ1) is 20.6. The van der Waals surface area contributed by atoms with Crippen LogP contribution < -0.4 is 15.4 Å². The van der Waals surface area contributed by atoms with E-state index in [-0.39, 0.29) is 47.2 Å². The van der Waals surface area contributed by atoms with E-state index in [9.17, 15) is 39.0 Å². The molecule has 2 aliphatic carbocycles. The van der Waals surface area contributed by atoms with Gasteiger partial charge in [-0.3, -0.25) is 28.8 Å². The predicted molar refractivity (Wildman–Crippen MR) is 144 cm³/mol. The van der Waals surface area contributed by atoms with Crippen LogP contribution in [0.25, 0.3) is 0 Å². The minimum Gasteiger partial charge on any atom is -0.506 e. The van der Waals surface area contributed by atoms with Gasteiger partial charge in [-0.15, -0.1) is 0 Å². The summed E-state index contributed by atoms with van der Waals surface area (Å²) in [5.41, 5.74) is 0.142. The van der Waals surface area contributed by atoms with Crippen molar-refractivity contribution in [2.75, 3.05) is 10.6 Å². The van der Waals surface area contributed by atoms with E-state index in [2.05, 4.69) is 10.6 Å². The predicted octanol–water partition coefficient (Wildman–Crippen LogP) is 3.00. The van der Waals surface area contributed by atoms with Gasteiger partial charge < -0.3 is 35.1 Å². The van der Waals surface area contributed by atoms with E-state index in [1.807, 2.05) is 0 Å². The topological polar surface area (TPSA) is 195 Å². The van der Waals surface area contributed by atoms with Crippen LogP contribution >= 0.6 is 0 Å². The summed E-state index contributed by atoms with van der Waals surface area (Å²) >= 11 is 0. The van der Waals surface area contributed by atoms with Gasteiger partial charge in [-0.25, -0.2) is 0 Å². The number of amides is 2. The fourth-order valence-electron chi connectivity index (χ4n) is 6.37. The number of aromatic hydroxyl groups is 2. The van der Waals surface area contributed by atoms with Crippen LogP contribution in [-0.4, -0.2) is 45.9 Å². The third kappa shape index (κ3) is 5.49. The van der Waals surface area contributed by atoms with E-state index in [0.29, 0.717) is 25.7 Å². The number of ether oxygens (including phenoxy) is 3. The Balaban J connectivity index is 1.10. The van der Waals surface area contributed by atoms with Crippen molar-refractivity contribution in [2.45, 2.75) is 38.5 Å². The van der Waals surface area contributed by atoms with Gasteiger partial charge in [0.05, 0.1) is 35.0 Å². The van der Waals surface area contributed by atoms with Crippen LogP contribution in [0.3, 0.4) is 0 Å². The van der Waals surface area contributed by atoms with Crippen LogP contribution in [0.2, 0.25) is 0 Å². The molecule has 0 spiro atoms. The summed E-state index contributed by atoms with van der Waals surface area (Å²) in [4.78, 5) is 73.4. The number of cyclic esters (lactones) is 4. The van der Waals surface area contributed by atoms with Gasteiger partial charge in [-0.05, 0) is 62.8 Å². The third-order valence-corrected chi connectivity index (χ3v) is 8.74. The quantitative estimate of drug-likeness (QED) is 0.219. The summed E-state index contributed by atoms with van der Waals surface area (Å²) in [5, 5.41) is 26.0. The molecule has 2 aromatic rings. The first-order valence-corrected chi connectivity index (χ1v) is 14.0. The monoisotopic (exact) mass is 592 g/mol. The second kappa shape index (κ2) is 11.0. The zero-order valence-electron chi connectivity index (χ0n) is 22.7. The standard InChI is InChI=1S/C30H28N2O11/c33-23-7-3-15(11-21(23)31-25(35)13-1-5-17-19(9-13)29(39)42-27(17)37)41-16-4-8-24(34)22(12-16)32-26(36)14-2-6-18-20(10-14)30(40)43-28(18)38/h3-4,7-8,11-14,17-20,33-34H,1-2,5-6,9-10H2,(H,31,35)(H,32,36). The zero-order valence-corrected chi connectivity index (χ0v) is 22.7. The molecule has 2 aromatic carbocycles. The average molecular weight is 593 g/mol. The molecule has 4 N–H and O–H groups in total. The Morgan fingerprint density at radius 2 is 1.02 bits per heavy atom. The lowest BCUT2D eigenvalue weighted by Gasteiger charge is -2.27. The van der Waals surface area contributed by atoms with E-state index in [1.54, 1.807) is 0 Å². The van der Waals surface area contributed by atoms with Crippen molar-refractivity contribution in [1.29, 1.82) is 0 Å². The lowest BCUT2D eigenvalue weighted by Crippen LogP contribution is -2.33. The molecular formula is C30H28N2O11. The second-order valence-corrected chi connectivity index (χ2v) is 11.4. The second-order valence-electron chi connectivity index (χ2n) is 11.4. The highest BCUT2D eigenvalue weighted by Crippen LogP contribution is 2.42. The Hall–Kier alpha value is -4.94. The number of esters is 4. The number of carbonyl (C=O) groups excluding carboxylic acids is 6. The molecule has 0 bridgehead atoms. The molecule has 43 heavy (non-hydrogen) atoms. The maximum absolute atomic E-state index is 13.0. The van der Waals surface area contributed by atoms with E-state index < -0.39 is 71.2 Å². The van der Waals surface area contributed by atoms with E-state index in [1.165, 1.54) is 36.4 Å². The molecule has 6 atom stereocenters. The third-order valence-electron chi connectivity index (χ3n) is 8.74. The minimum absolute atomic E-state index is 0.0709. The first-order valence-electron chi connectivity index (χ1n) is 14.0. The van der Waals surface area contributed by atoms with Gasteiger partial charge in [-0.1, -0.05) is 0 Å². The van der Waals surface area contributed by atoms with E-state index in [4.69, 9.17) is 14.2 Å². The van der Waals surface area contributed by atoms with E-state index in [0.717, 1.165) is 0 Å². The number of anilines is 2. The van der Waals surface area contributed by atoms with Crippen LogP contribution in [0.4, 0.5) is 11.4 Å². The van der Waals surface area contributed by atoms with Gasteiger partial charge in [0.25, 0.3) is 0 Å². The number of nitrogens with one attached hydrogen (secondary N) is 2. The molecule has 2 saturated carbocycles. The number of phenols is 2. The van der Waals surface area contributed by atoms with Crippen molar-refractivity contribution in [1.82, 2.24) is 0 Å². The number of rotatable bonds is 6. The highest BCUT2D eigenvalue weighted by molar-refractivity contribution is 6.00. The molecule has 224 valence electrons. The van der Waals surface area contributed by atoms with Gasteiger partial charge in [0.15, 0.2) is 0 Å². The molecule has 6 unspecified atom stereocenters. The van der Waals surface area contributed by atoms with Gasteiger partial charge in [0, 0.05) is 24.0 Å².